The number of nitrogens with zero attached hydrogens (tertiary/aromatic N) is 3. The van der Waals surface area contributed by atoms with Crippen LogP contribution >= 0.6 is 11.3 Å². The van der Waals surface area contributed by atoms with E-state index in [1.165, 1.54) is 41.5 Å². The molecule has 0 saturated heterocycles. The minimum Gasteiger partial charge on any atom is -0.497 e. The van der Waals surface area contributed by atoms with E-state index < -0.39 is 0 Å². The quantitative estimate of drug-likeness (QED) is 0.590. The lowest BCUT2D eigenvalue weighted by atomic mass is 9.94. The van der Waals surface area contributed by atoms with Crippen LogP contribution < -0.4 is 10.3 Å². The van der Waals surface area contributed by atoms with Crippen LogP contribution in [0.5, 0.6) is 5.75 Å². The first kappa shape index (κ1) is 20.6. The van der Waals surface area contributed by atoms with Crippen LogP contribution in [0.3, 0.4) is 0 Å². The first-order valence-electron chi connectivity index (χ1n) is 10.5. The molecule has 1 aliphatic carbocycles. The summed E-state index contributed by atoms with van der Waals surface area (Å²) in [4.78, 5) is 33.3. The highest BCUT2D eigenvalue weighted by Gasteiger charge is 2.24. The summed E-state index contributed by atoms with van der Waals surface area (Å²) in [5.74, 6) is 0.789. The zero-order chi connectivity index (χ0) is 21.1. The highest BCUT2D eigenvalue weighted by atomic mass is 32.1. The van der Waals surface area contributed by atoms with Gasteiger partial charge in [0, 0.05) is 17.5 Å². The van der Waals surface area contributed by atoms with Gasteiger partial charge in [-0.15, -0.1) is 11.3 Å². The Morgan fingerprint density at radius 2 is 1.97 bits per heavy atom. The van der Waals surface area contributed by atoms with Gasteiger partial charge in [-0.3, -0.25) is 14.2 Å². The van der Waals surface area contributed by atoms with Gasteiger partial charge in [-0.1, -0.05) is 19.3 Å². The van der Waals surface area contributed by atoms with Gasteiger partial charge in [0.05, 0.1) is 19.0 Å². The molecule has 0 radical (unpaired) electrons. The summed E-state index contributed by atoms with van der Waals surface area (Å²) < 4.78 is 7.24. The Hall–Kier alpha value is -2.67. The largest absolute Gasteiger partial charge is 0.497 e. The third kappa shape index (κ3) is 4.12. The summed E-state index contributed by atoms with van der Waals surface area (Å²) in [5, 5.41) is 0. The molecule has 1 aromatic carbocycles. The number of hydrogen-bond donors (Lipinski definition) is 0. The summed E-state index contributed by atoms with van der Waals surface area (Å²) in [6, 6.07) is 9.95. The van der Waals surface area contributed by atoms with Crippen LogP contribution in [0.25, 0.3) is 20.7 Å². The minimum absolute atomic E-state index is 0.000385. The monoisotopic (exact) mass is 425 g/mol. The smallest absolute Gasteiger partial charge is 0.271 e. The first-order valence-corrected chi connectivity index (χ1v) is 11.3. The molecule has 1 aliphatic rings. The molecule has 30 heavy (non-hydrogen) atoms. The van der Waals surface area contributed by atoms with E-state index in [9.17, 15) is 9.59 Å². The van der Waals surface area contributed by atoms with Gasteiger partial charge < -0.3 is 9.64 Å². The van der Waals surface area contributed by atoms with E-state index in [0.717, 1.165) is 29.0 Å². The van der Waals surface area contributed by atoms with Crippen molar-refractivity contribution in [1.82, 2.24) is 14.5 Å². The topological polar surface area (TPSA) is 64.4 Å². The number of aromatic nitrogens is 2. The van der Waals surface area contributed by atoms with Crippen LogP contribution in [0.2, 0.25) is 0 Å². The SMILES string of the molecule is CCN(C(=O)Cn1cnc2cc(-c3ccc(OC)cc3)sc2c1=O)C1CCCCC1. The Kier molecular flexibility index (Phi) is 6.18. The Balaban J connectivity index is 1.58. The third-order valence-corrected chi connectivity index (χ3v) is 7.02. The van der Waals surface area contributed by atoms with E-state index in [4.69, 9.17) is 4.74 Å². The molecular weight excluding hydrogens is 398 g/mol. The van der Waals surface area contributed by atoms with Gasteiger partial charge in [0.15, 0.2) is 0 Å². The predicted molar refractivity (Wildman–Crippen MR) is 120 cm³/mol. The molecule has 0 N–H and O–H groups in total. The summed E-state index contributed by atoms with van der Waals surface area (Å²) in [6.45, 7) is 2.73. The van der Waals surface area contributed by atoms with Gasteiger partial charge in [-0.25, -0.2) is 4.98 Å². The number of likely N-dealkylation sites (N-methyl/N-ethyl adjacent to an activating group) is 1. The fraction of sp³-hybridized carbons (Fsp3) is 0.435. The molecule has 0 atom stereocenters. The maximum Gasteiger partial charge on any atom is 0.271 e. The molecular formula is C23H27N3O3S. The second kappa shape index (κ2) is 9.00. The van der Waals surface area contributed by atoms with Crippen LogP contribution in [-0.4, -0.2) is 40.1 Å². The fourth-order valence-corrected chi connectivity index (χ4v) is 5.29. The van der Waals surface area contributed by atoms with Crippen molar-refractivity contribution in [1.29, 1.82) is 0 Å². The van der Waals surface area contributed by atoms with Crippen LogP contribution in [-0.2, 0) is 11.3 Å². The van der Waals surface area contributed by atoms with Gasteiger partial charge >= 0.3 is 0 Å². The van der Waals surface area contributed by atoms with E-state index in [1.807, 2.05) is 42.2 Å². The van der Waals surface area contributed by atoms with Crippen LogP contribution in [0.15, 0.2) is 41.5 Å². The Bertz CT molecular complexity index is 1080. The van der Waals surface area contributed by atoms with E-state index in [0.29, 0.717) is 22.8 Å². The van der Waals surface area contributed by atoms with Crippen molar-refractivity contribution < 1.29 is 9.53 Å². The number of carbonyl (C=O) groups is 1. The molecule has 1 amide bonds. The Morgan fingerprint density at radius 3 is 2.63 bits per heavy atom. The maximum absolute atomic E-state index is 13.0. The lowest BCUT2D eigenvalue weighted by molar-refractivity contribution is -0.134. The number of fused-ring (bicyclic) bond motifs is 1. The summed E-state index contributed by atoms with van der Waals surface area (Å²) >= 11 is 1.41. The first-order chi connectivity index (χ1) is 14.6. The predicted octanol–water partition coefficient (Wildman–Crippen LogP) is 4.31. The summed E-state index contributed by atoms with van der Waals surface area (Å²) in [7, 11) is 1.63. The van der Waals surface area contributed by atoms with Crippen molar-refractivity contribution in [2.45, 2.75) is 51.6 Å². The molecule has 0 spiro atoms. The van der Waals surface area contributed by atoms with Crippen molar-refractivity contribution in [2.24, 2.45) is 0 Å². The van der Waals surface area contributed by atoms with E-state index in [1.54, 1.807) is 7.11 Å². The van der Waals surface area contributed by atoms with E-state index in [-0.39, 0.29) is 18.0 Å². The second-order valence-corrected chi connectivity index (χ2v) is 8.75. The molecule has 1 saturated carbocycles. The molecule has 6 nitrogen and oxygen atoms in total. The van der Waals surface area contributed by atoms with Gasteiger partial charge in [-0.05, 0) is 55.7 Å². The van der Waals surface area contributed by atoms with Crippen molar-refractivity contribution in [3.8, 4) is 16.2 Å². The standard InChI is InChI=1S/C23H27N3O3S/c1-3-26(17-7-5-4-6-8-17)21(27)14-25-15-24-19-13-20(30-22(19)23(25)28)16-9-11-18(29-2)12-10-16/h9-13,15,17H,3-8,14H2,1-2H3. The summed E-state index contributed by atoms with van der Waals surface area (Å²) in [6.07, 6.45) is 7.21. The number of benzene rings is 1. The highest BCUT2D eigenvalue weighted by Crippen LogP contribution is 2.31. The van der Waals surface area contributed by atoms with Gasteiger partial charge in [0.25, 0.3) is 5.56 Å². The maximum atomic E-state index is 13.0. The molecule has 1 fully saturated rings. The fourth-order valence-electron chi connectivity index (χ4n) is 4.22. The van der Waals surface area contributed by atoms with Gasteiger partial charge in [0.1, 0.15) is 17.0 Å². The Morgan fingerprint density at radius 1 is 1.23 bits per heavy atom. The summed E-state index contributed by atoms with van der Waals surface area (Å²) in [5.41, 5.74) is 1.52. The average molecular weight is 426 g/mol. The number of carbonyl (C=O) groups excluding carboxylic acids is 1. The van der Waals surface area contributed by atoms with Gasteiger partial charge in [-0.2, -0.15) is 0 Å². The lowest BCUT2D eigenvalue weighted by Crippen LogP contribution is -2.44. The highest BCUT2D eigenvalue weighted by molar-refractivity contribution is 7.22. The molecule has 2 heterocycles. The van der Waals surface area contributed by atoms with E-state index in [2.05, 4.69) is 4.98 Å². The zero-order valence-corrected chi connectivity index (χ0v) is 18.3. The average Bonchev–Trinajstić information content (AvgIpc) is 3.22. The Labute approximate surface area is 180 Å². The minimum atomic E-state index is -0.155. The molecule has 3 aromatic rings. The molecule has 0 unspecified atom stereocenters. The molecule has 0 bridgehead atoms. The van der Waals surface area contributed by atoms with Crippen LogP contribution in [0, 0.1) is 0 Å². The molecule has 0 aliphatic heterocycles. The van der Waals surface area contributed by atoms with Crippen molar-refractivity contribution in [3.63, 3.8) is 0 Å². The number of methoxy groups -OCH3 is 1. The van der Waals surface area contributed by atoms with Gasteiger partial charge in [0.2, 0.25) is 5.91 Å². The van der Waals surface area contributed by atoms with Crippen molar-refractivity contribution >= 4 is 27.5 Å². The van der Waals surface area contributed by atoms with Crippen molar-refractivity contribution in [2.75, 3.05) is 13.7 Å². The van der Waals surface area contributed by atoms with Crippen LogP contribution in [0.4, 0.5) is 0 Å². The second-order valence-electron chi connectivity index (χ2n) is 7.70. The number of ether oxygens (including phenoxy) is 1. The third-order valence-electron chi connectivity index (χ3n) is 5.86. The zero-order valence-electron chi connectivity index (χ0n) is 17.5. The van der Waals surface area contributed by atoms with Crippen molar-refractivity contribution in [3.05, 3.63) is 47.0 Å². The number of rotatable bonds is 6. The molecule has 2 aromatic heterocycles. The molecule has 158 valence electrons. The van der Waals surface area contributed by atoms with E-state index >= 15 is 0 Å². The lowest BCUT2D eigenvalue weighted by Gasteiger charge is -2.33. The number of hydrogen-bond acceptors (Lipinski definition) is 5. The molecule has 7 heteroatoms. The number of thiophene rings is 1. The molecule has 4 rings (SSSR count). The number of amides is 1. The van der Waals surface area contributed by atoms with Crippen LogP contribution in [0.1, 0.15) is 39.0 Å². The normalized spacial score (nSPS) is 14.7.